The number of nitrogens with one attached hydrogen (secondary N) is 1. The second-order valence-corrected chi connectivity index (χ2v) is 3.95. The van der Waals surface area contributed by atoms with Crippen LogP contribution in [0, 0.1) is 6.92 Å². The summed E-state index contributed by atoms with van der Waals surface area (Å²) in [6.07, 6.45) is -0.720. The van der Waals surface area contributed by atoms with Gasteiger partial charge in [0, 0.05) is 16.7 Å². The minimum Gasteiger partial charge on any atom is -0.394 e. The van der Waals surface area contributed by atoms with Gasteiger partial charge in [0.1, 0.15) is 0 Å². The summed E-state index contributed by atoms with van der Waals surface area (Å²) in [5.74, 6) is 0. The fraction of sp³-hybridized carbons (Fsp3) is 0.400. The van der Waals surface area contributed by atoms with Crippen LogP contribution in [0.25, 0.3) is 0 Å². The minimum absolute atomic E-state index is 0.226. The first kappa shape index (κ1) is 11.5. The number of aliphatic hydroxyl groups is 2. The molecule has 0 saturated heterocycles. The molecule has 3 nitrogen and oxygen atoms in total. The van der Waals surface area contributed by atoms with Crippen LogP contribution in [0.3, 0.4) is 0 Å². The van der Waals surface area contributed by atoms with E-state index in [0.717, 1.165) is 15.7 Å². The van der Waals surface area contributed by atoms with Crippen LogP contribution in [0.5, 0.6) is 0 Å². The molecule has 0 amide bonds. The first-order valence-corrected chi connectivity index (χ1v) is 5.22. The maximum Gasteiger partial charge on any atom is 0.0942 e. The molecule has 0 aliphatic heterocycles. The first-order chi connectivity index (χ1) is 6.65. The Balaban J connectivity index is 2.63. The molecule has 1 aromatic rings. The molecule has 14 heavy (non-hydrogen) atoms. The van der Waals surface area contributed by atoms with Crippen molar-refractivity contribution < 1.29 is 10.2 Å². The Kier molecular flexibility index (Phi) is 4.38. The molecule has 0 heterocycles. The van der Waals surface area contributed by atoms with Crippen LogP contribution in [0.4, 0.5) is 5.69 Å². The number of aliphatic hydroxyl groups excluding tert-OH is 2. The van der Waals surface area contributed by atoms with E-state index in [0.29, 0.717) is 6.54 Å². The van der Waals surface area contributed by atoms with Crippen molar-refractivity contribution in [2.75, 3.05) is 18.5 Å². The highest BCUT2D eigenvalue weighted by atomic mass is 79.9. The van der Waals surface area contributed by atoms with Gasteiger partial charge in [-0.05, 0) is 34.5 Å². The maximum absolute atomic E-state index is 9.15. The molecule has 3 N–H and O–H groups in total. The molecule has 0 fully saturated rings. The number of benzene rings is 1. The number of aryl methyl sites for hydroxylation is 1. The summed E-state index contributed by atoms with van der Waals surface area (Å²) in [7, 11) is 0. The molecule has 0 spiro atoms. The molecule has 1 aromatic carbocycles. The van der Waals surface area contributed by atoms with E-state index in [1.54, 1.807) is 0 Å². The smallest absolute Gasteiger partial charge is 0.0942 e. The Morgan fingerprint density at radius 1 is 1.50 bits per heavy atom. The Morgan fingerprint density at radius 2 is 2.21 bits per heavy atom. The Hall–Kier alpha value is -0.580. The summed E-state index contributed by atoms with van der Waals surface area (Å²) >= 11 is 3.45. The molecule has 0 aliphatic rings. The number of hydrogen-bond acceptors (Lipinski definition) is 3. The molecular weight excluding hydrogens is 246 g/mol. The van der Waals surface area contributed by atoms with Crippen molar-refractivity contribution in [3.05, 3.63) is 28.2 Å². The second-order valence-electron chi connectivity index (χ2n) is 3.15. The SMILES string of the molecule is Cc1cccc(NCC(O)CO)c1Br. The van der Waals surface area contributed by atoms with E-state index in [1.165, 1.54) is 0 Å². The third-order valence-corrected chi connectivity index (χ3v) is 2.98. The largest absolute Gasteiger partial charge is 0.394 e. The average molecular weight is 260 g/mol. The molecule has 0 bridgehead atoms. The van der Waals surface area contributed by atoms with Crippen molar-refractivity contribution in [2.45, 2.75) is 13.0 Å². The fourth-order valence-electron chi connectivity index (χ4n) is 1.08. The zero-order chi connectivity index (χ0) is 10.6. The van der Waals surface area contributed by atoms with E-state index in [-0.39, 0.29) is 6.61 Å². The lowest BCUT2D eigenvalue weighted by Gasteiger charge is -2.12. The molecule has 1 rings (SSSR count). The Morgan fingerprint density at radius 3 is 2.86 bits per heavy atom. The summed E-state index contributed by atoms with van der Waals surface area (Å²) in [6.45, 7) is 2.12. The van der Waals surface area contributed by atoms with E-state index in [9.17, 15) is 0 Å². The van der Waals surface area contributed by atoms with Crippen molar-refractivity contribution in [2.24, 2.45) is 0 Å². The third-order valence-electron chi connectivity index (χ3n) is 1.93. The summed E-state index contributed by atoms with van der Waals surface area (Å²) < 4.78 is 0.991. The lowest BCUT2D eigenvalue weighted by Crippen LogP contribution is -2.23. The monoisotopic (exact) mass is 259 g/mol. The van der Waals surface area contributed by atoms with E-state index >= 15 is 0 Å². The highest BCUT2D eigenvalue weighted by molar-refractivity contribution is 9.10. The molecule has 0 radical (unpaired) electrons. The van der Waals surface area contributed by atoms with Gasteiger partial charge in [0.2, 0.25) is 0 Å². The zero-order valence-corrected chi connectivity index (χ0v) is 9.58. The van der Waals surface area contributed by atoms with Gasteiger partial charge in [0.05, 0.1) is 12.7 Å². The van der Waals surface area contributed by atoms with E-state index < -0.39 is 6.10 Å². The Labute approximate surface area is 91.9 Å². The summed E-state index contributed by atoms with van der Waals surface area (Å²) in [5.41, 5.74) is 2.06. The van der Waals surface area contributed by atoms with Crippen molar-refractivity contribution in [3.63, 3.8) is 0 Å². The molecule has 1 atom stereocenters. The fourth-order valence-corrected chi connectivity index (χ4v) is 1.48. The molecular formula is C10H14BrNO2. The standard InChI is InChI=1S/C10H14BrNO2/c1-7-3-2-4-9(10(7)11)12-5-8(14)6-13/h2-4,8,12-14H,5-6H2,1H3. The van der Waals surface area contributed by atoms with Crippen LogP contribution in [0.15, 0.2) is 22.7 Å². The third kappa shape index (κ3) is 2.97. The van der Waals surface area contributed by atoms with Crippen molar-refractivity contribution in [1.82, 2.24) is 0 Å². The van der Waals surface area contributed by atoms with Crippen LogP contribution >= 0.6 is 15.9 Å². The minimum atomic E-state index is -0.720. The molecule has 0 aliphatic carbocycles. The van der Waals surface area contributed by atoms with E-state index in [4.69, 9.17) is 10.2 Å². The average Bonchev–Trinajstić information content (AvgIpc) is 2.20. The van der Waals surface area contributed by atoms with Crippen LogP contribution < -0.4 is 5.32 Å². The summed E-state index contributed by atoms with van der Waals surface area (Å²) in [4.78, 5) is 0. The van der Waals surface area contributed by atoms with Crippen molar-refractivity contribution in [1.29, 1.82) is 0 Å². The van der Waals surface area contributed by atoms with E-state index in [1.807, 2.05) is 25.1 Å². The van der Waals surface area contributed by atoms with Gasteiger partial charge in [-0.2, -0.15) is 0 Å². The van der Waals surface area contributed by atoms with Gasteiger partial charge in [-0.25, -0.2) is 0 Å². The van der Waals surface area contributed by atoms with Gasteiger partial charge in [-0.3, -0.25) is 0 Å². The second kappa shape index (κ2) is 5.34. The highest BCUT2D eigenvalue weighted by Gasteiger charge is 2.04. The van der Waals surface area contributed by atoms with Crippen molar-refractivity contribution in [3.8, 4) is 0 Å². The van der Waals surface area contributed by atoms with Crippen LogP contribution in [0.2, 0.25) is 0 Å². The molecule has 0 aromatic heterocycles. The van der Waals surface area contributed by atoms with Crippen LogP contribution in [0.1, 0.15) is 5.56 Å². The maximum atomic E-state index is 9.15. The van der Waals surface area contributed by atoms with Gasteiger partial charge in [0.15, 0.2) is 0 Å². The first-order valence-electron chi connectivity index (χ1n) is 4.43. The summed E-state index contributed by atoms with van der Waals surface area (Å²) in [6, 6.07) is 5.85. The number of anilines is 1. The normalized spacial score (nSPS) is 12.6. The topological polar surface area (TPSA) is 52.5 Å². The van der Waals surface area contributed by atoms with Crippen LogP contribution in [-0.2, 0) is 0 Å². The quantitative estimate of drug-likeness (QED) is 0.769. The lowest BCUT2D eigenvalue weighted by molar-refractivity contribution is 0.105. The summed E-state index contributed by atoms with van der Waals surface area (Å²) in [5, 5.41) is 20.8. The molecule has 0 saturated carbocycles. The molecule has 4 heteroatoms. The van der Waals surface area contributed by atoms with Gasteiger partial charge in [-0.15, -0.1) is 0 Å². The predicted molar refractivity (Wildman–Crippen MR) is 60.5 cm³/mol. The molecule has 78 valence electrons. The van der Waals surface area contributed by atoms with Gasteiger partial charge >= 0.3 is 0 Å². The lowest BCUT2D eigenvalue weighted by atomic mass is 10.2. The number of rotatable bonds is 4. The number of hydrogen-bond donors (Lipinski definition) is 3. The highest BCUT2D eigenvalue weighted by Crippen LogP contribution is 2.25. The van der Waals surface area contributed by atoms with Gasteiger partial charge in [0.25, 0.3) is 0 Å². The Bertz CT molecular complexity index is 304. The predicted octanol–water partition coefficient (Wildman–Crippen LogP) is 1.52. The number of halogens is 1. The van der Waals surface area contributed by atoms with Gasteiger partial charge in [-0.1, -0.05) is 12.1 Å². The van der Waals surface area contributed by atoms with E-state index in [2.05, 4.69) is 21.2 Å². The van der Waals surface area contributed by atoms with Crippen LogP contribution in [-0.4, -0.2) is 29.5 Å². The van der Waals surface area contributed by atoms with Crippen molar-refractivity contribution >= 4 is 21.6 Å². The zero-order valence-electron chi connectivity index (χ0n) is 8.00. The van der Waals surface area contributed by atoms with Gasteiger partial charge < -0.3 is 15.5 Å². The molecule has 1 unspecified atom stereocenters.